The van der Waals surface area contributed by atoms with Crippen molar-refractivity contribution in [3.05, 3.63) is 0 Å². The SMILES string of the molecule is CCCCCCCCCCCCCCCCC(=O)OC(COC(=O)CC)COP(=O)(O)O. The van der Waals surface area contributed by atoms with Crippen molar-refractivity contribution in [3.8, 4) is 0 Å². The van der Waals surface area contributed by atoms with Crippen LogP contribution in [0.15, 0.2) is 0 Å². The largest absolute Gasteiger partial charge is 0.469 e. The minimum Gasteiger partial charge on any atom is -0.462 e. The van der Waals surface area contributed by atoms with Gasteiger partial charge < -0.3 is 19.3 Å². The number of unbranched alkanes of at least 4 members (excludes halogenated alkanes) is 13. The lowest BCUT2D eigenvalue weighted by atomic mass is 10.0. The summed E-state index contributed by atoms with van der Waals surface area (Å²) in [6.07, 6.45) is 16.4. The Balaban J connectivity index is 3.77. The predicted molar refractivity (Wildman–Crippen MR) is 124 cm³/mol. The molecule has 1 unspecified atom stereocenters. The molecular formula is C23H45O8P. The molecular weight excluding hydrogens is 435 g/mol. The Labute approximate surface area is 194 Å². The molecule has 0 radical (unpaired) electrons. The van der Waals surface area contributed by atoms with E-state index in [4.69, 9.17) is 19.3 Å². The third-order valence-electron chi connectivity index (χ3n) is 5.18. The van der Waals surface area contributed by atoms with Crippen LogP contribution < -0.4 is 0 Å². The maximum Gasteiger partial charge on any atom is 0.469 e. The molecule has 1 atom stereocenters. The molecule has 0 aliphatic rings. The molecule has 0 aromatic rings. The van der Waals surface area contributed by atoms with Crippen molar-refractivity contribution in [2.45, 2.75) is 123 Å². The van der Waals surface area contributed by atoms with Crippen LogP contribution in [0.25, 0.3) is 0 Å². The Kier molecular flexibility index (Phi) is 20.0. The van der Waals surface area contributed by atoms with E-state index in [0.717, 1.165) is 19.3 Å². The summed E-state index contributed by atoms with van der Waals surface area (Å²) in [7, 11) is -4.70. The Bertz CT molecular complexity index is 520. The van der Waals surface area contributed by atoms with E-state index in [0.29, 0.717) is 6.42 Å². The first-order chi connectivity index (χ1) is 15.3. The van der Waals surface area contributed by atoms with Crippen LogP contribution in [0, 0.1) is 0 Å². The minimum absolute atomic E-state index is 0.152. The zero-order valence-corrected chi connectivity index (χ0v) is 21.0. The van der Waals surface area contributed by atoms with Gasteiger partial charge in [-0.3, -0.25) is 14.1 Å². The number of esters is 2. The van der Waals surface area contributed by atoms with Crippen molar-refractivity contribution in [2.75, 3.05) is 13.2 Å². The predicted octanol–water partition coefficient (Wildman–Crippen LogP) is 5.83. The van der Waals surface area contributed by atoms with Gasteiger partial charge in [0.1, 0.15) is 6.61 Å². The Morgan fingerprint density at radius 2 is 1.19 bits per heavy atom. The van der Waals surface area contributed by atoms with Crippen LogP contribution in [-0.4, -0.2) is 41.0 Å². The third-order valence-corrected chi connectivity index (χ3v) is 5.67. The van der Waals surface area contributed by atoms with Crippen molar-refractivity contribution in [1.82, 2.24) is 0 Å². The maximum absolute atomic E-state index is 12.0. The molecule has 0 saturated carbocycles. The molecule has 9 heteroatoms. The van der Waals surface area contributed by atoms with Gasteiger partial charge in [0.2, 0.25) is 0 Å². The Morgan fingerprint density at radius 1 is 0.719 bits per heavy atom. The quantitative estimate of drug-likeness (QED) is 0.113. The normalized spacial score (nSPS) is 12.5. The van der Waals surface area contributed by atoms with E-state index in [9.17, 15) is 14.2 Å². The first-order valence-electron chi connectivity index (χ1n) is 12.3. The van der Waals surface area contributed by atoms with E-state index < -0.39 is 32.5 Å². The van der Waals surface area contributed by atoms with Gasteiger partial charge in [0.15, 0.2) is 6.10 Å². The fourth-order valence-electron chi connectivity index (χ4n) is 3.29. The molecule has 32 heavy (non-hydrogen) atoms. The first kappa shape index (κ1) is 31.0. The molecule has 0 saturated heterocycles. The van der Waals surface area contributed by atoms with Crippen LogP contribution in [0.1, 0.15) is 117 Å². The smallest absolute Gasteiger partial charge is 0.462 e. The summed E-state index contributed by atoms with van der Waals surface area (Å²) >= 11 is 0. The number of hydrogen-bond donors (Lipinski definition) is 2. The zero-order valence-electron chi connectivity index (χ0n) is 20.1. The number of carbonyl (C=O) groups excluding carboxylic acids is 2. The van der Waals surface area contributed by atoms with Crippen molar-refractivity contribution in [3.63, 3.8) is 0 Å². The number of carbonyl (C=O) groups is 2. The molecule has 0 fully saturated rings. The van der Waals surface area contributed by atoms with Crippen LogP contribution in [-0.2, 0) is 28.2 Å². The molecule has 0 spiro atoms. The second-order valence-corrected chi connectivity index (χ2v) is 9.52. The maximum atomic E-state index is 12.0. The lowest BCUT2D eigenvalue weighted by Crippen LogP contribution is -2.29. The molecule has 0 amide bonds. The van der Waals surface area contributed by atoms with Gasteiger partial charge in [-0.1, -0.05) is 97.3 Å². The van der Waals surface area contributed by atoms with Gasteiger partial charge in [-0.05, 0) is 6.42 Å². The Morgan fingerprint density at radius 3 is 1.62 bits per heavy atom. The average molecular weight is 481 g/mol. The third kappa shape index (κ3) is 22.3. The molecule has 0 aliphatic carbocycles. The highest BCUT2D eigenvalue weighted by molar-refractivity contribution is 7.46. The lowest BCUT2D eigenvalue weighted by Gasteiger charge is -2.18. The summed E-state index contributed by atoms with van der Waals surface area (Å²) in [5.41, 5.74) is 0. The summed E-state index contributed by atoms with van der Waals surface area (Å²) in [6, 6.07) is 0. The molecule has 0 heterocycles. The van der Waals surface area contributed by atoms with E-state index in [1.807, 2.05) is 0 Å². The molecule has 0 aliphatic heterocycles. The van der Waals surface area contributed by atoms with Gasteiger partial charge in [-0.2, -0.15) is 0 Å². The highest BCUT2D eigenvalue weighted by atomic mass is 31.2. The second-order valence-electron chi connectivity index (χ2n) is 8.28. The van der Waals surface area contributed by atoms with Crippen molar-refractivity contribution in [2.24, 2.45) is 0 Å². The van der Waals surface area contributed by atoms with Crippen LogP contribution >= 0.6 is 7.82 Å². The van der Waals surface area contributed by atoms with Gasteiger partial charge in [0.05, 0.1) is 6.61 Å². The highest BCUT2D eigenvalue weighted by Gasteiger charge is 2.22. The monoisotopic (exact) mass is 480 g/mol. The van der Waals surface area contributed by atoms with E-state index in [1.54, 1.807) is 6.92 Å². The number of ether oxygens (including phenoxy) is 2. The molecule has 190 valence electrons. The molecule has 0 bridgehead atoms. The van der Waals surface area contributed by atoms with Crippen LogP contribution in [0.5, 0.6) is 0 Å². The number of phosphoric ester groups is 1. The summed E-state index contributed by atoms with van der Waals surface area (Å²) in [6.45, 7) is 3.03. The minimum atomic E-state index is -4.70. The van der Waals surface area contributed by atoms with E-state index in [2.05, 4.69) is 11.4 Å². The van der Waals surface area contributed by atoms with Crippen molar-refractivity contribution < 1.29 is 37.9 Å². The highest BCUT2D eigenvalue weighted by Crippen LogP contribution is 2.35. The number of phosphoric acid groups is 1. The van der Waals surface area contributed by atoms with Crippen molar-refractivity contribution >= 4 is 19.8 Å². The zero-order chi connectivity index (χ0) is 24.1. The number of rotatable bonds is 22. The second kappa shape index (κ2) is 20.6. The summed E-state index contributed by atoms with van der Waals surface area (Å²) < 4.78 is 25.3. The number of hydrogen-bond acceptors (Lipinski definition) is 6. The Hall–Kier alpha value is -0.950. The van der Waals surface area contributed by atoms with Gasteiger partial charge in [0.25, 0.3) is 0 Å². The van der Waals surface area contributed by atoms with E-state index >= 15 is 0 Å². The first-order valence-corrected chi connectivity index (χ1v) is 13.9. The van der Waals surface area contributed by atoms with E-state index in [-0.39, 0.29) is 19.4 Å². The lowest BCUT2D eigenvalue weighted by molar-refractivity contribution is -0.161. The van der Waals surface area contributed by atoms with Crippen LogP contribution in [0.4, 0.5) is 0 Å². The van der Waals surface area contributed by atoms with E-state index in [1.165, 1.54) is 64.2 Å². The summed E-state index contributed by atoms with van der Waals surface area (Å²) in [5, 5.41) is 0. The fraction of sp³-hybridized carbons (Fsp3) is 0.913. The topological polar surface area (TPSA) is 119 Å². The summed E-state index contributed by atoms with van der Waals surface area (Å²) in [5.74, 6) is -0.981. The summed E-state index contributed by atoms with van der Waals surface area (Å²) in [4.78, 5) is 40.9. The van der Waals surface area contributed by atoms with Crippen molar-refractivity contribution in [1.29, 1.82) is 0 Å². The fourth-order valence-corrected chi connectivity index (χ4v) is 3.65. The van der Waals surface area contributed by atoms with Crippen LogP contribution in [0.3, 0.4) is 0 Å². The average Bonchev–Trinajstić information content (AvgIpc) is 2.74. The van der Waals surface area contributed by atoms with Gasteiger partial charge in [-0.25, -0.2) is 4.57 Å². The van der Waals surface area contributed by atoms with Gasteiger partial charge >= 0.3 is 19.8 Å². The molecule has 0 aromatic heterocycles. The molecule has 8 nitrogen and oxygen atoms in total. The standard InChI is InChI=1S/C23H45O8P/c1-3-5-6-7-8-9-10-11-12-13-14-15-16-17-18-23(25)31-21(19-29-22(24)4-2)20-30-32(26,27)28/h21H,3-20H2,1-2H3,(H2,26,27,28). The van der Waals surface area contributed by atoms with Gasteiger partial charge in [-0.15, -0.1) is 0 Å². The van der Waals surface area contributed by atoms with Crippen LogP contribution in [0.2, 0.25) is 0 Å². The van der Waals surface area contributed by atoms with Gasteiger partial charge in [0, 0.05) is 12.8 Å². The molecule has 0 aromatic carbocycles. The molecule has 2 N–H and O–H groups in total. The molecule has 0 rings (SSSR count).